The molecule has 1 aromatic carbocycles. The van der Waals surface area contributed by atoms with Crippen molar-refractivity contribution in [1.29, 1.82) is 0 Å². The fourth-order valence-electron chi connectivity index (χ4n) is 3.01. The number of hydrogen-bond acceptors (Lipinski definition) is 9. The summed E-state index contributed by atoms with van der Waals surface area (Å²) in [5, 5.41) is 2.78. The topological polar surface area (TPSA) is 143 Å². The van der Waals surface area contributed by atoms with E-state index in [2.05, 4.69) is 20.0 Å². The van der Waals surface area contributed by atoms with E-state index in [4.69, 9.17) is 19.7 Å². The summed E-state index contributed by atoms with van der Waals surface area (Å²) in [5.41, 5.74) is 6.91. The van der Waals surface area contributed by atoms with Crippen LogP contribution in [0.3, 0.4) is 0 Å². The van der Waals surface area contributed by atoms with Crippen LogP contribution >= 0.6 is 7.52 Å². The maximum absolute atomic E-state index is 13.6. The molecule has 3 rings (SSSR count). The van der Waals surface area contributed by atoms with Crippen molar-refractivity contribution in [2.75, 3.05) is 12.1 Å². The number of nitrogens with two attached hydrogens (primary N) is 1. The minimum atomic E-state index is -3.64. The average molecular weight is 476 g/mol. The molecule has 0 saturated carbocycles. The van der Waals surface area contributed by atoms with Gasteiger partial charge in [0.05, 0.1) is 25.1 Å². The Kier molecular flexibility index (Phi) is 8.01. The molecule has 0 saturated heterocycles. The first-order chi connectivity index (χ1) is 15.7. The van der Waals surface area contributed by atoms with Gasteiger partial charge in [-0.15, -0.1) is 0 Å². The first-order valence-electron chi connectivity index (χ1n) is 10.5. The highest BCUT2D eigenvalue weighted by Gasteiger charge is 2.32. The zero-order valence-electron chi connectivity index (χ0n) is 19.0. The molecule has 0 fully saturated rings. The van der Waals surface area contributed by atoms with Gasteiger partial charge in [-0.3, -0.25) is 9.36 Å². The van der Waals surface area contributed by atoms with Crippen molar-refractivity contribution < 1.29 is 23.4 Å². The number of hydrogen-bond donors (Lipinski definition) is 2. The molecule has 11 nitrogen and oxygen atoms in total. The molecule has 3 aromatic rings. The molecule has 0 radical (unpaired) electrons. The third-order valence-corrected chi connectivity index (χ3v) is 6.28. The van der Waals surface area contributed by atoms with Crippen LogP contribution in [0.15, 0.2) is 43.0 Å². The number of nitrogens with one attached hydrogen (secondary N) is 1. The van der Waals surface area contributed by atoms with E-state index in [0.717, 1.165) is 0 Å². The number of esters is 1. The molecule has 0 spiro atoms. The van der Waals surface area contributed by atoms with Gasteiger partial charge in [-0.2, -0.15) is 0 Å². The summed E-state index contributed by atoms with van der Waals surface area (Å²) < 4.78 is 32.2. The second-order valence-electron chi connectivity index (χ2n) is 7.85. The summed E-state index contributed by atoms with van der Waals surface area (Å²) in [6.45, 7) is 7.25. The molecule has 3 atom stereocenters. The van der Waals surface area contributed by atoms with Crippen LogP contribution in [0.1, 0.15) is 27.7 Å². The summed E-state index contributed by atoms with van der Waals surface area (Å²) in [5.74, 6) is 0.151. The minimum absolute atomic E-state index is 0.272. The summed E-state index contributed by atoms with van der Waals surface area (Å²) in [6.07, 6.45) is 2.01. The van der Waals surface area contributed by atoms with Gasteiger partial charge >= 0.3 is 13.5 Å². The molecule has 12 heteroatoms. The second kappa shape index (κ2) is 10.7. The molecule has 0 aliphatic rings. The third kappa shape index (κ3) is 6.74. The zero-order valence-corrected chi connectivity index (χ0v) is 19.9. The van der Waals surface area contributed by atoms with Crippen molar-refractivity contribution in [3.8, 4) is 5.75 Å². The highest BCUT2D eigenvalue weighted by Crippen LogP contribution is 2.44. The van der Waals surface area contributed by atoms with Crippen LogP contribution in [0.5, 0.6) is 5.75 Å². The number of anilines is 1. The van der Waals surface area contributed by atoms with E-state index in [9.17, 15) is 9.36 Å². The largest absolute Gasteiger partial charge is 0.462 e. The van der Waals surface area contributed by atoms with E-state index in [1.165, 1.54) is 6.33 Å². The molecule has 0 amide bonds. The number of nitrogen functional groups attached to an aromatic ring is 1. The van der Waals surface area contributed by atoms with Gasteiger partial charge in [-0.1, -0.05) is 18.2 Å². The van der Waals surface area contributed by atoms with Gasteiger partial charge in [-0.25, -0.2) is 20.0 Å². The average Bonchev–Trinajstić information content (AvgIpc) is 3.16. The van der Waals surface area contributed by atoms with Crippen molar-refractivity contribution >= 4 is 30.5 Å². The standard InChI is InChI=1S/C21H29N6O5P/c1-14(2)31-21(28)16(4)26-33(29,32-17-8-6-5-7-9-17)13-30-15(3)10-27-12-25-18-19(22)23-11-24-20(18)27/h5-9,11-12,14-16H,10,13H2,1-4H3,(H,26,29)(H2,22,23,24)/t15?,16?,33-/m0/s1. The van der Waals surface area contributed by atoms with E-state index < -0.39 is 19.5 Å². The van der Waals surface area contributed by atoms with Crippen molar-refractivity contribution in [1.82, 2.24) is 24.6 Å². The van der Waals surface area contributed by atoms with E-state index in [1.807, 2.05) is 13.0 Å². The van der Waals surface area contributed by atoms with Crippen molar-refractivity contribution in [2.24, 2.45) is 0 Å². The highest BCUT2D eigenvalue weighted by molar-refractivity contribution is 7.57. The zero-order chi connectivity index (χ0) is 24.0. The fraction of sp³-hybridized carbons (Fsp3) is 0.429. The number of carbonyl (C=O) groups is 1. The van der Waals surface area contributed by atoms with Crippen LogP contribution in [0, 0.1) is 0 Å². The molecule has 0 aliphatic carbocycles. The summed E-state index contributed by atoms with van der Waals surface area (Å²) in [6, 6.07) is 7.83. The summed E-state index contributed by atoms with van der Waals surface area (Å²) >= 11 is 0. The number of carbonyl (C=O) groups excluding carboxylic acids is 1. The third-order valence-electron chi connectivity index (χ3n) is 4.50. The lowest BCUT2D eigenvalue weighted by Crippen LogP contribution is -2.37. The SMILES string of the molecule is CC(C)OC(=O)C(C)N[P@](=O)(COC(C)Cn1cnc2c(N)ncnc21)Oc1ccccc1. The van der Waals surface area contributed by atoms with E-state index in [-0.39, 0.29) is 18.6 Å². The number of ether oxygens (including phenoxy) is 2. The molecular weight excluding hydrogens is 447 g/mol. The quantitative estimate of drug-likeness (QED) is 0.313. The molecule has 0 bridgehead atoms. The molecule has 2 aromatic heterocycles. The Morgan fingerprint density at radius 3 is 2.58 bits per heavy atom. The molecular formula is C21H29N6O5P. The van der Waals surface area contributed by atoms with Crippen LogP contribution in [0.2, 0.25) is 0 Å². The Bertz CT molecular complexity index is 1120. The lowest BCUT2D eigenvalue weighted by atomic mass is 10.3. The van der Waals surface area contributed by atoms with Crippen molar-refractivity contribution in [3.05, 3.63) is 43.0 Å². The number of nitrogens with zero attached hydrogens (tertiary/aromatic N) is 4. The Morgan fingerprint density at radius 2 is 1.88 bits per heavy atom. The number of rotatable bonds is 11. The van der Waals surface area contributed by atoms with Gasteiger partial charge in [0.15, 0.2) is 11.5 Å². The number of fused-ring (bicyclic) bond motifs is 1. The predicted molar refractivity (Wildman–Crippen MR) is 124 cm³/mol. The second-order valence-corrected chi connectivity index (χ2v) is 9.89. The van der Waals surface area contributed by atoms with Gasteiger partial charge in [0.25, 0.3) is 0 Å². The Labute approximate surface area is 192 Å². The van der Waals surface area contributed by atoms with Crippen LogP contribution in [-0.2, 0) is 25.4 Å². The number of benzene rings is 1. The first kappa shape index (κ1) is 24.6. The van der Waals surface area contributed by atoms with Gasteiger partial charge in [0.1, 0.15) is 30.0 Å². The van der Waals surface area contributed by atoms with Crippen LogP contribution in [0.4, 0.5) is 5.82 Å². The number of para-hydroxylation sites is 1. The minimum Gasteiger partial charge on any atom is -0.462 e. The normalized spacial score (nSPS) is 15.2. The maximum Gasteiger partial charge on any atom is 0.342 e. The van der Waals surface area contributed by atoms with Crippen LogP contribution in [-0.4, -0.2) is 50.1 Å². The van der Waals surface area contributed by atoms with Crippen molar-refractivity contribution in [3.63, 3.8) is 0 Å². The summed E-state index contributed by atoms with van der Waals surface area (Å²) in [7, 11) is -3.64. The first-order valence-corrected chi connectivity index (χ1v) is 12.3. The molecule has 0 aliphatic heterocycles. The van der Waals surface area contributed by atoms with Gasteiger partial charge < -0.3 is 24.3 Å². The number of imidazole rings is 1. The Morgan fingerprint density at radius 1 is 1.15 bits per heavy atom. The highest BCUT2D eigenvalue weighted by atomic mass is 31.2. The van der Waals surface area contributed by atoms with E-state index in [1.54, 1.807) is 55.9 Å². The fourth-order valence-corrected chi connectivity index (χ4v) is 4.80. The van der Waals surface area contributed by atoms with Crippen LogP contribution in [0.25, 0.3) is 11.2 Å². The molecule has 3 N–H and O–H groups in total. The molecule has 33 heavy (non-hydrogen) atoms. The predicted octanol–water partition coefficient (Wildman–Crippen LogP) is 2.97. The van der Waals surface area contributed by atoms with Crippen molar-refractivity contribution in [2.45, 2.75) is 52.5 Å². The lowest BCUT2D eigenvalue weighted by Gasteiger charge is -2.25. The van der Waals surface area contributed by atoms with E-state index in [0.29, 0.717) is 29.3 Å². The van der Waals surface area contributed by atoms with Crippen LogP contribution < -0.4 is 15.3 Å². The molecule has 178 valence electrons. The monoisotopic (exact) mass is 476 g/mol. The number of aromatic nitrogens is 4. The summed E-state index contributed by atoms with van der Waals surface area (Å²) in [4.78, 5) is 24.6. The molecule has 2 unspecified atom stereocenters. The lowest BCUT2D eigenvalue weighted by molar-refractivity contribution is -0.149. The Hall–Kier alpha value is -3.01. The molecule has 2 heterocycles. The maximum atomic E-state index is 13.6. The van der Waals surface area contributed by atoms with Gasteiger partial charge in [0.2, 0.25) is 0 Å². The smallest absolute Gasteiger partial charge is 0.342 e. The van der Waals surface area contributed by atoms with E-state index >= 15 is 0 Å². The van der Waals surface area contributed by atoms with Gasteiger partial charge in [-0.05, 0) is 39.8 Å². The Balaban J connectivity index is 1.70. The van der Waals surface area contributed by atoms with Gasteiger partial charge in [0, 0.05) is 0 Å².